The van der Waals surface area contributed by atoms with Gasteiger partial charge < -0.3 is 4.57 Å². The smallest absolute Gasteiger partial charge is 0.162 e. The fraction of sp³-hybridized carbons (Fsp3) is 0.108. The van der Waals surface area contributed by atoms with Gasteiger partial charge in [-0.2, -0.15) is 0 Å². The van der Waals surface area contributed by atoms with Gasteiger partial charge in [0, 0.05) is 27.4 Å². The van der Waals surface area contributed by atoms with E-state index in [1.165, 1.54) is 60.9 Å². The maximum absolute atomic E-state index is 4.41. The largest absolute Gasteiger partial charge is 0.309 e. The van der Waals surface area contributed by atoms with Gasteiger partial charge in [0.1, 0.15) is 12.7 Å². The summed E-state index contributed by atoms with van der Waals surface area (Å²) in [6.45, 7) is 6.84. The highest BCUT2D eigenvalue weighted by atomic mass is 15.0. The molecule has 7 aromatic rings. The molecule has 4 heteroatoms. The molecule has 0 saturated heterocycles. The first-order valence-electron chi connectivity index (χ1n) is 14.0. The van der Waals surface area contributed by atoms with Crippen LogP contribution in [-0.4, -0.2) is 19.5 Å². The van der Waals surface area contributed by atoms with Crippen molar-refractivity contribution in [1.29, 1.82) is 0 Å². The van der Waals surface area contributed by atoms with Crippen LogP contribution in [-0.2, 0) is 5.41 Å². The van der Waals surface area contributed by atoms with Crippen LogP contribution in [0.4, 0.5) is 0 Å². The van der Waals surface area contributed by atoms with Crippen LogP contribution in [0.15, 0.2) is 116 Å². The summed E-state index contributed by atoms with van der Waals surface area (Å²) in [4.78, 5) is 12.8. The highest BCUT2D eigenvalue weighted by Gasteiger charge is 2.36. The normalized spacial score (nSPS) is 13.4. The fourth-order valence-electron chi connectivity index (χ4n) is 6.81. The molecule has 0 spiro atoms. The molecule has 196 valence electrons. The molecule has 8 rings (SSSR count). The summed E-state index contributed by atoms with van der Waals surface area (Å²) in [6, 6.07) is 37.7. The quantitative estimate of drug-likeness (QED) is 0.230. The Labute approximate surface area is 239 Å². The SMILES string of the molecule is Cc1c(-c2ccc3c(c2)c2cc4c(cc2n3-c2ccccc2)C(C)(C)c2ccccc2-4)cccc1-c1ncncn1. The van der Waals surface area contributed by atoms with Crippen molar-refractivity contribution < 1.29 is 0 Å². The first kappa shape index (κ1) is 23.8. The minimum Gasteiger partial charge on any atom is -0.309 e. The molecule has 1 aliphatic carbocycles. The minimum atomic E-state index is -0.0597. The molecule has 0 atom stereocenters. The fourth-order valence-corrected chi connectivity index (χ4v) is 6.81. The molecule has 0 fully saturated rings. The lowest BCUT2D eigenvalue weighted by molar-refractivity contribution is 0.661. The molecular weight excluding hydrogens is 500 g/mol. The van der Waals surface area contributed by atoms with E-state index in [2.05, 4.69) is 143 Å². The van der Waals surface area contributed by atoms with Gasteiger partial charge in [-0.3, -0.25) is 0 Å². The third kappa shape index (κ3) is 3.44. The summed E-state index contributed by atoms with van der Waals surface area (Å²) in [5.74, 6) is 0.693. The van der Waals surface area contributed by atoms with E-state index >= 15 is 0 Å². The first-order chi connectivity index (χ1) is 20.0. The number of fused-ring (bicyclic) bond motifs is 6. The van der Waals surface area contributed by atoms with Crippen molar-refractivity contribution in [2.24, 2.45) is 0 Å². The molecule has 0 unspecified atom stereocenters. The van der Waals surface area contributed by atoms with E-state index in [9.17, 15) is 0 Å². The number of benzene rings is 5. The van der Waals surface area contributed by atoms with Crippen LogP contribution in [0.25, 0.3) is 61.1 Å². The molecule has 2 aromatic heterocycles. The Morgan fingerprint density at radius 1 is 0.585 bits per heavy atom. The number of aromatic nitrogens is 4. The summed E-state index contributed by atoms with van der Waals surface area (Å²) in [5, 5.41) is 2.51. The first-order valence-corrected chi connectivity index (χ1v) is 14.0. The summed E-state index contributed by atoms with van der Waals surface area (Å²) >= 11 is 0. The lowest BCUT2D eigenvalue weighted by atomic mass is 9.82. The predicted octanol–water partition coefficient (Wildman–Crippen LogP) is 8.92. The van der Waals surface area contributed by atoms with Crippen LogP contribution in [0.1, 0.15) is 30.5 Å². The van der Waals surface area contributed by atoms with Crippen LogP contribution in [0, 0.1) is 6.92 Å². The van der Waals surface area contributed by atoms with Crippen LogP contribution in [0.2, 0.25) is 0 Å². The lowest BCUT2D eigenvalue weighted by Gasteiger charge is -2.21. The second kappa shape index (κ2) is 8.70. The topological polar surface area (TPSA) is 43.6 Å². The van der Waals surface area contributed by atoms with E-state index in [4.69, 9.17) is 0 Å². The van der Waals surface area contributed by atoms with Gasteiger partial charge in [-0.05, 0) is 82.3 Å². The number of rotatable bonds is 3. The van der Waals surface area contributed by atoms with Gasteiger partial charge in [0.2, 0.25) is 0 Å². The zero-order valence-corrected chi connectivity index (χ0v) is 23.3. The molecule has 4 nitrogen and oxygen atoms in total. The molecule has 0 N–H and O–H groups in total. The van der Waals surface area contributed by atoms with Crippen molar-refractivity contribution in [1.82, 2.24) is 19.5 Å². The Morgan fingerprint density at radius 3 is 2.12 bits per heavy atom. The molecule has 41 heavy (non-hydrogen) atoms. The van der Waals surface area contributed by atoms with Gasteiger partial charge in [0.15, 0.2) is 5.82 Å². The molecule has 5 aromatic carbocycles. The van der Waals surface area contributed by atoms with Gasteiger partial charge in [-0.25, -0.2) is 15.0 Å². The number of hydrogen-bond acceptors (Lipinski definition) is 3. The molecule has 0 saturated carbocycles. The lowest BCUT2D eigenvalue weighted by Crippen LogP contribution is -2.14. The van der Waals surface area contributed by atoms with Crippen molar-refractivity contribution >= 4 is 21.8 Å². The molecular formula is C37H28N4. The third-order valence-corrected chi connectivity index (χ3v) is 8.86. The average molecular weight is 529 g/mol. The van der Waals surface area contributed by atoms with Crippen molar-refractivity contribution in [2.45, 2.75) is 26.2 Å². The van der Waals surface area contributed by atoms with Gasteiger partial charge in [-0.15, -0.1) is 0 Å². The molecule has 0 amide bonds. The van der Waals surface area contributed by atoms with Crippen molar-refractivity contribution in [2.75, 3.05) is 0 Å². The number of nitrogens with zero attached hydrogens (tertiary/aromatic N) is 4. The Bertz CT molecular complexity index is 2120. The van der Waals surface area contributed by atoms with E-state index in [1.807, 2.05) is 0 Å². The number of para-hydroxylation sites is 1. The second-order valence-corrected chi connectivity index (χ2v) is 11.4. The van der Waals surface area contributed by atoms with E-state index in [0.717, 1.165) is 11.1 Å². The Hall–Kier alpha value is -5.09. The summed E-state index contributed by atoms with van der Waals surface area (Å²) in [7, 11) is 0. The minimum absolute atomic E-state index is 0.0597. The monoisotopic (exact) mass is 528 g/mol. The zero-order chi connectivity index (χ0) is 27.7. The maximum Gasteiger partial charge on any atom is 0.162 e. The Kier molecular flexibility index (Phi) is 5.05. The number of hydrogen-bond donors (Lipinski definition) is 0. The molecule has 0 bridgehead atoms. The van der Waals surface area contributed by atoms with Crippen LogP contribution >= 0.6 is 0 Å². The Morgan fingerprint density at radius 2 is 1.29 bits per heavy atom. The highest BCUT2D eigenvalue weighted by molar-refractivity contribution is 6.12. The maximum atomic E-state index is 4.41. The Balaban J connectivity index is 1.42. The highest BCUT2D eigenvalue weighted by Crippen LogP contribution is 2.51. The standard InChI is InChI=1S/C37H28N4/c1-23-26(13-9-14-27(23)36-39-21-38-22-40-36)24-16-17-34-30(18-24)31-19-29-28-12-7-8-15-32(28)37(2,3)33(29)20-35(31)41(34)25-10-5-4-6-11-25/h4-22H,1-3H3. The summed E-state index contributed by atoms with van der Waals surface area (Å²) in [6.07, 6.45) is 3.10. The van der Waals surface area contributed by atoms with E-state index in [0.29, 0.717) is 5.82 Å². The summed E-state index contributed by atoms with van der Waals surface area (Å²) in [5.41, 5.74) is 13.5. The third-order valence-electron chi connectivity index (χ3n) is 8.86. The molecule has 0 radical (unpaired) electrons. The van der Waals surface area contributed by atoms with Gasteiger partial charge in [0.05, 0.1) is 11.0 Å². The van der Waals surface area contributed by atoms with Crippen LogP contribution < -0.4 is 0 Å². The molecule has 1 aliphatic rings. The van der Waals surface area contributed by atoms with Gasteiger partial charge in [0.25, 0.3) is 0 Å². The van der Waals surface area contributed by atoms with E-state index < -0.39 is 0 Å². The van der Waals surface area contributed by atoms with Gasteiger partial charge in [-0.1, -0.05) is 80.6 Å². The van der Waals surface area contributed by atoms with Crippen LogP contribution in [0.3, 0.4) is 0 Å². The second-order valence-electron chi connectivity index (χ2n) is 11.4. The van der Waals surface area contributed by atoms with Crippen molar-refractivity contribution in [3.05, 3.63) is 132 Å². The van der Waals surface area contributed by atoms with Gasteiger partial charge >= 0.3 is 0 Å². The van der Waals surface area contributed by atoms with E-state index in [1.54, 1.807) is 12.7 Å². The van der Waals surface area contributed by atoms with Crippen LogP contribution in [0.5, 0.6) is 0 Å². The molecule has 2 heterocycles. The zero-order valence-electron chi connectivity index (χ0n) is 23.3. The van der Waals surface area contributed by atoms with E-state index in [-0.39, 0.29) is 5.41 Å². The summed E-state index contributed by atoms with van der Waals surface area (Å²) < 4.78 is 2.42. The predicted molar refractivity (Wildman–Crippen MR) is 167 cm³/mol. The molecule has 0 aliphatic heterocycles. The van der Waals surface area contributed by atoms with Crippen molar-refractivity contribution in [3.63, 3.8) is 0 Å². The van der Waals surface area contributed by atoms with Crippen molar-refractivity contribution in [3.8, 4) is 39.3 Å². The average Bonchev–Trinajstić information content (AvgIpc) is 3.45.